The third-order valence-corrected chi connectivity index (χ3v) is 4.44. The molecule has 0 radical (unpaired) electrons. The average Bonchev–Trinajstić information content (AvgIpc) is 2.37. The van der Waals surface area contributed by atoms with E-state index in [4.69, 9.17) is 11.5 Å². The van der Waals surface area contributed by atoms with Gasteiger partial charge in [-0.15, -0.1) is 0 Å². The number of nitrogens with two attached hydrogens (primary N) is 2. The molecule has 0 aromatic heterocycles. The minimum Gasteiger partial charge on any atom is -1.00 e. The van der Waals surface area contributed by atoms with Crippen LogP contribution in [0, 0.1) is 11.8 Å². The van der Waals surface area contributed by atoms with Gasteiger partial charge in [0.25, 0.3) is 0 Å². The molecule has 0 spiro atoms. The van der Waals surface area contributed by atoms with Crippen molar-refractivity contribution in [3.8, 4) is 0 Å². The van der Waals surface area contributed by atoms with Crippen molar-refractivity contribution in [3.05, 3.63) is 0 Å². The number of halogens is 3. The van der Waals surface area contributed by atoms with E-state index in [1.54, 1.807) is 0 Å². The molecular weight excluding hydrogens is 333 g/mol. The van der Waals surface area contributed by atoms with E-state index in [0.29, 0.717) is 6.54 Å². The quantitative estimate of drug-likeness (QED) is 0.317. The maximum absolute atomic E-state index is 5.94. The maximum Gasteiger partial charge on any atom is 0.0938 e. The predicted octanol–water partition coefficient (Wildman–Crippen LogP) is -11.2. The van der Waals surface area contributed by atoms with Gasteiger partial charge in [0, 0.05) is 17.4 Å². The zero-order valence-electron chi connectivity index (χ0n) is 14.4. The SMILES string of the molecule is CC(C[NH3+])C(C)C[NH3+].CCC(C)(N)C(C)(N)C[NH3+].[Cl-].[Cl-].[Cl-]. The fourth-order valence-electron chi connectivity index (χ4n) is 1.26. The predicted molar refractivity (Wildman–Crippen MR) is 77.1 cm³/mol. The van der Waals surface area contributed by atoms with Crippen molar-refractivity contribution in [2.45, 2.75) is 52.1 Å². The highest BCUT2D eigenvalue weighted by atomic mass is 35.5. The van der Waals surface area contributed by atoms with Gasteiger partial charge < -0.3 is 65.9 Å². The second kappa shape index (κ2) is 15.6. The number of hydrogen-bond acceptors (Lipinski definition) is 2. The summed E-state index contributed by atoms with van der Waals surface area (Å²) in [6, 6.07) is 0. The van der Waals surface area contributed by atoms with Gasteiger partial charge in [-0.1, -0.05) is 20.8 Å². The van der Waals surface area contributed by atoms with Gasteiger partial charge in [-0.2, -0.15) is 0 Å². The van der Waals surface area contributed by atoms with Crippen molar-refractivity contribution in [1.29, 1.82) is 0 Å². The highest BCUT2D eigenvalue weighted by Crippen LogP contribution is 2.17. The molecule has 0 heterocycles. The molecule has 0 bridgehead atoms. The molecule has 5 nitrogen and oxygen atoms in total. The molecule has 4 unspecified atom stereocenters. The Labute approximate surface area is 149 Å². The van der Waals surface area contributed by atoms with Gasteiger partial charge in [-0.05, 0) is 20.3 Å². The zero-order valence-corrected chi connectivity index (χ0v) is 16.7. The topological polar surface area (TPSA) is 135 Å². The Morgan fingerprint density at radius 2 is 1.10 bits per heavy atom. The van der Waals surface area contributed by atoms with Gasteiger partial charge >= 0.3 is 0 Å². The smallest absolute Gasteiger partial charge is 0.0938 e. The Morgan fingerprint density at radius 3 is 1.19 bits per heavy atom. The van der Waals surface area contributed by atoms with Crippen LogP contribution in [0.5, 0.6) is 0 Å². The Kier molecular flexibility index (Phi) is 24.7. The third-order valence-electron chi connectivity index (χ3n) is 4.44. The molecule has 0 aliphatic carbocycles. The molecule has 13 N–H and O–H groups in total. The van der Waals surface area contributed by atoms with Crippen LogP contribution in [0.4, 0.5) is 0 Å². The van der Waals surface area contributed by atoms with Gasteiger partial charge in [0.05, 0.1) is 25.2 Å². The lowest BCUT2D eigenvalue weighted by Crippen LogP contribution is -3.00. The Morgan fingerprint density at radius 1 is 0.810 bits per heavy atom. The lowest BCUT2D eigenvalue weighted by Gasteiger charge is -2.37. The molecule has 0 aromatic rings. The highest BCUT2D eigenvalue weighted by Gasteiger charge is 2.37. The van der Waals surface area contributed by atoms with Gasteiger partial charge in [0.15, 0.2) is 0 Å². The summed E-state index contributed by atoms with van der Waals surface area (Å²) in [6.07, 6.45) is 0.884. The van der Waals surface area contributed by atoms with Crippen molar-refractivity contribution in [2.24, 2.45) is 23.3 Å². The molecule has 0 aliphatic rings. The van der Waals surface area contributed by atoms with E-state index in [1.165, 1.54) is 0 Å². The van der Waals surface area contributed by atoms with Crippen molar-refractivity contribution in [2.75, 3.05) is 19.6 Å². The van der Waals surface area contributed by atoms with E-state index in [-0.39, 0.29) is 48.3 Å². The Bertz CT molecular complexity index is 194. The standard InChI is InChI=1S/C7H19N3.C6H16N2.3ClH/c1-4-6(2,9)7(3,10)5-8;1-5(3-7)6(2)4-8;;;/h4-5,8-10H2,1-3H3;5-6H,3-4,7-8H2,1-2H3;3*1H. The summed E-state index contributed by atoms with van der Waals surface area (Å²) in [6.45, 7) is 13.2. The lowest BCUT2D eigenvalue weighted by atomic mass is 9.79. The fourth-order valence-corrected chi connectivity index (χ4v) is 1.26. The van der Waals surface area contributed by atoms with E-state index in [1.807, 2.05) is 20.8 Å². The first-order chi connectivity index (χ1) is 8.09. The number of rotatable bonds is 6. The molecule has 4 atom stereocenters. The van der Waals surface area contributed by atoms with Gasteiger partial charge in [-0.25, -0.2) is 0 Å². The zero-order chi connectivity index (χ0) is 15.0. The summed E-state index contributed by atoms with van der Waals surface area (Å²) < 4.78 is 0. The molecule has 0 saturated carbocycles. The molecule has 136 valence electrons. The molecule has 8 heteroatoms. The van der Waals surface area contributed by atoms with Crippen LogP contribution in [-0.4, -0.2) is 30.7 Å². The minimum absolute atomic E-state index is 0. The first-order valence-electron chi connectivity index (χ1n) is 7.05. The van der Waals surface area contributed by atoms with Crippen LogP contribution in [0.1, 0.15) is 41.0 Å². The average molecular weight is 371 g/mol. The monoisotopic (exact) mass is 369 g/mol. The third kappa shape index (κ3) is 12.9. The molecule has 0 amide bonds. The highest BCUT2D eigenvalue weighted by molar-refractivity contribution is 4.99. The first kappa shape index (κ1) is 33.3. The van der Waals surface area contributed by atoms with Crippen LogP contribution in [0.25, 0.3) is 0 Å². The summed E-state index contributed by atoms with van der Waals surface area (Å²) in [5.74, 6) is 1.49. The molecule has 0 aromatic carbocycles. The summed E-state index contributed by atoms with van der Waals surface area (Å²) in [5, 5.41) is 0. The number of quaternary nitrogens is 3. The maximum atomic E-state index is 5.94. The summed E-state index contributed by atoms with van der Waals surface area (Å²) in [7, 11) is 0. The summed E-state index contributed by atoms with van der Waals surface area (Å²) in [4.78, 5) is 0. The second-order valence-electron chi connectivity index (χ2n) is 5.97. The van der Waals surface area contributed by atoms with Crippen molar-refractivity contribution in [1.82, 2.24) is 0 Å². The molecule has 21 heavy (non-hydrogen) atoms. The normalized spacial score (nSPS) is 18.0. The molecular formula is C13H38Cl3N5. The van der Waals surface area contributed by atoms with Crippen molar-refractivity contribution < 1.29 is 54.4 Å². The van der Waals surface area contributed by atoms with Crippen LogP contribution >= 0.6 is 0 Å². The van der Waals surface area contributed by atoms with E-state index < -0.39 is 0 Å². The van der Waals surface area contributed by atoms with Gasteiger partial charge in [-0.3, -0.25) is 0 Å². The molecule has 0 saturated heterocycles. The molecule has 0 fully saturated rings. The van der Waals surface area contributed by atoms with Gasteiger partial charge in [0.2, 0.25) is 0 Å². The fraction of sp³-hybridized carbons (Fsp3) is 1.00. The summed E-state index contributed by atoms with van der Waals surface area (Å²) >= 11 is 0. The Balaban J connectivity index is -0.0000000724. The van der Waals surface area contributed by atoms with E-state index in [9.17, 15) is 0 Å². The largest absolute Gasteiger partial charge is 1.00 e. The lowest BCUT2D eigenvalue weighted by molar-refractivity contribution is -0.403. The van der Waals surface area contributed by atoms with Crippen LogP contribution in [0.15, 0.2) is 0 Å². The van der Waals surface area contributed by atoms with Crippen molar-refractivity contribution in [3.63, 3.8) is 0 Å². The Hall–Kier alpha value is 0.670. The van der Waals surface area contributed by atoms with Crippen LogP contribution in [0.3, 0.4) is 0 Å². The van der Waals surface area contributed by atoms with Crippen LogP contribution in [0.2, 0.25) is 0 Å². The van der Waals surface area contributed by atoms with Crippen LogP contribution < -0.4 is 65.9 Å². The molecule has 0 aliphatic heterocycles. The molecule has 0 rings (SSSR count). The first-order valence-corrected chi connectivity index (χ1v) is 7.05. The van der Waals surface area contributed by atoms with E-state index in [0.717, 1.165) is 31.3 Å². The second-order valence-corrected chi connectivity index (χ2v) is 5.97. The number of hydrogen-bond donors (Lipinski definition) is 5. The van der Waals surface area contributed by atoms with E-state index >= 15 is 0 Å². The minimum atomic E-state index is -0.345. The van der Waals surface area contributed by atoms with Gasteiger partial charge in [0.1, 0.15) is 0 Å². The van der Waals surface area contributed by atoms with Crippen LogP contribution in [-0.2, 0) is 0 Å². The van der Waals surface area contributed by atoms with Crippen molar-refractivity contribution >= 4 is 0 Å². The summed E-state index contributed by atoms with van der Waals surface area (Å²) in [5.41, 5.74) is 22.6. The van der Waals surface area contributed by atoms with E-state index in [2.05, 4.69) is 31.0 Å².